The van der Waals surface area contributed by atoms with Gasteiger partial charge in [0.1, 0.15) is 0 Å². The number of fused-ring (bicyclic) bond motifs is 3. The van der Waals surface area contributed by atoms with E-state index in [4.69, 9.17) is 14.0 Å². The molecule has 1 radical (unpaired) electrons. The molecule has 0 saturated heterocycles. The molecule has 0 fully saturated rings. The molecule has 4 nitrogen and oxygen atoms in total. The largest absolute Gasteiger partial charge is 0.486 e. The first-order chi connectivity index (χ1) is 22.5. The molecule has 4 aromatic heterocycles. The van der Waals surface area contributed by atoms with E-state index in [0.29, 0.717) is 27.6 Å². The maximum Gasteiger partial charge on any atom is 0.216 e. The molecule has 7 aromatic rings. The van der Waals surface area contributed by atoms with Crippen molar-refractivity contribution < 1.29 is 34.1 Å². The fraction of sp³-hybridized carbons (Fsp3) is 0.0833. The zero-order chi connectivity index (χ0) is 33.2. The summed E-state index contributed by atoms with van der Waals surface area (Å²) in [5.41, 5.74) is 3.82. The monoisotopic (exact) mass is 717 g/mol. The van der Waals surface area contributed by atoms with Crippen LogP contribution in [0, 0.1) is 19.0 Å². The number of aryl methyl sites for hydroxylation is 3. The van der Waals surface area contributed by atoms with E-state index < -0.39 is 19.6 Å². The summed E-state index contributed by atoms with van der Waals surface area (Å²) in [5, 5.41) is 1.34. The first-order valence-electron chi connectivity index (χ1n) is 16.1. The van der Waals surface area contributed by atoms with Crippen molar-refractivity contribution >= 4 is 22.1 Å². The second-order valence-corrected chi connectivity index (χ2v) is 8.79. The van der Waals surface area contributed by atoms with Crippen LogP contribution in [-0.2, 0) is 32.9 Å². The number of benzene rings is 3. The van der Waals surface area contributed by atoms with E-state index in [1.807, 2.05) is 42.5 Å². The van der Waals surface area contributed by atoms with Crippen molar-refractivity contribution in [2.75, 3.05) is 0 Å². The summed E-state index contributed by atoms with van der Waals surface area (Å²) in [4.78, 5) is 12.9. The van der Waals surface area contributed by atoms with E-state index in [2.05, 4.69) is 27.1 Å². The van der Waals surface area contributed by atoms with Crippen LogP contribution in [0.4, 0.5) is 0 Å². The molecular formula is C36H27IrN3O-2. The maximum absolute atomic E-state index is 8.59. The summed E-state index contributed by atoms with van der Waals surface area (Å²) in [6.07, 6.45) is -1.69. The summed E-state index contributed by atoms with van der Waals surface area (Å²) < 4.78 is 62.8. The minimum absolute atomic E-state index is 0. The number of rotatable bonds is 5. The van der Waals surface area contributed by atoms with Crippen LogP contribution in [0.25, 0.3) is 44.6 Å². The predicted octanol–water partition coefficient (Wildman–Crippen LogP) is 8.48. The molecule has 0 unspecified atom stereocenters. The molecule has 0 N–H and O–H groups in total. The first kappa shape index (κ1) is 20.4. The van der Waals surface area contributed by atoms with E-state index in [1.54, 1.807) is 60.8 Å². The van der Waals surface area contributed by atoms with Gasteiger partial charge in [-0.05, 0) is 60.3 Å². The molecule has 41 heavy (non-hydrogen) atoms. The summed E-state index contributed by atoms with van der Waals surface area (Å²) in [6, 6.07) is 37.8. The Hall–Kier alpha value is -4.44. The van der Waals surface area contributed by atoms with Gasteiger partial charge in [-0.15, -0.1) is 54.1 Å². The minimum atomic E-state index is -2.44. The van der Waals surface area contributed by atoms with Crippen LogP contribution in [-0.4, -0.2) is 15.0 Å². The van der Waals surface area contributed by atoms with Crippen molar-refractivity contribution in [1.29, 1.82) is 0 Å². The van der Waals surface area contributed by atoms with E-state index >= 15 is 0 Å². The Labute approximate surface area is 263 Å². The Morgan fingerprint density at radius 1 is 0.756 bits per heavy atom. The third-order valence-corrected chi connectivity index (χ3v) is 6.08. The zero-order valence-corrected chi connectivity index (χ0v) is 24.0. The average molecular weight is 717 g/mol. The van der Waals surface area contributed by atoms with Gasteiger partial charge in [-0.25, -0.2) is 4.98 Å². The maximum atomic E-state index is 8.59. The molecule has 0 spiro atoms. The molecule has 0 amide bonds. The van der Waals surface area contributed by atoms with Gasteiger partial charge in [-0.2, -0.15) is 0 Å². The van der Waals surface area contributed by atoms with Crippen LogP contribution in [0.1, 0.15) is 26.4 Å². The molecule has 0 bridgehead atoms. The van der Waals surface area contributed by atoms with Crippen LogP contribution < -0.4 is 0 Å². The molecule has 7 rings (SSSR count). The van der Waals surface area contributed by atoms with E-state index in [-0.39, 0.29) is 42.6 Å². The topological polar surface area (TPSA) is 51.8 Å². The van der Waals surface area contributed by atoms with Crippen molar-refractivity contribution in [2.45, 2.75) is 19.6 Å². The second-order valence-electron chi connectivity index (χ2n) is 8.79. The van der Waals surface area contributed by atoms with E-state index in [9.17, 15) is 0 Å². The van der Waals surface area contributed by atoms with Gasteiger partial charge in [0.25, 0.3) is 0 Å². The van der Waals surface area contributed by atoms with Crippen molar-refractivity contribution in [3.8, 4) is 22.5 Å². The average Bonchev–Trinajstić information content (AvgIpc) is 3.48. The number of pyridine rings is 3. The van der Waals surface area contributed by atoms with Gasteiger partial charge in [0, 0.05) is 53.2 Å². The van der Waals surface area contributed by atoms with Gasteiger partial charge in [-0.1, -0.05) is 65.5 Å². The van der Waals surface area contributed by atoms with Crippen LogP contribution in [0.15, 0.2) is 126 Å². The molecular weight excluding hydrogens is 683 g/mol. The Balaban J connectivity index is 0.000000291. The SMILES string of the molecule is [2H]C([2H])([2H])c1ccc(-c2[c-]ccc3c2oc2nc(C([2H])([2H])C([2H])([2H])c4ccccc4)ccc23)nc1.[Ir].[c-]1ccccc1-c1ccccn1. The molecule has 0 atom stereocenters. The molecule has 0 aliphatic rings. The number of aromatic nitrogens is 3. The van der Waals surface area contributed by atoms with Crippen molar-refractivity contribution in [1.82, 2.24) is 15.0 Å². The van der Waals surface area contributed by atoms with Crippen molar-refractivity contribution in [3.05, 3.63) is 151 Å². The van der Waals surface area contributed by atoms with E-state index in [0.717, 1.165) is 11.3 Å². The molecule has 5 heteroatoms. The predicted molar refractivity (Wildman–Crippen MR) is 161 cm³/mol. The molecule has 203 valence electrons. The Morgan fingerprint density at radius 2 is 1.63 bits per heavy atom. The normalized spacial score (nSPS) is 14.1. The van der Waals surface area contributed by atoms with Gasteiger partial charge in [-0.3, -0.25) is 0 Å². The van der Waals surface area contributed by atoms with Crippen LogP contribution in [0.3, 0.4) is 0 Å². The number of hydrogen-bond acceptors (Lipinski definition) is 4. The first-order valence-corrected chi connectivity index (χ1v) is 12.6. The van der Waals surface area contributed by atoms with Crippen LogP contribution in [0.2, 0.25) is 0 Å². The second kappa shape index (κ2) is 13.3. The standard InChI is InChI=1S/C25H19N2O.C11H8N.Ir/c1-17-10-15-23(26-16-17)22-9-5-8-20-21-14-13-19(27-25(21)28-24(20)22)12-11-18-6-3-2-4-7-18;1-2-6-10(7-3-1)11-8-4-5-9-12-11;/h2-8,10,13-16H,11-12H2,1H3;1-6,8-9H;/q2*-1;/i1D3,11D2,12D2;;. The van der Waals surface area contributed by atoms with Crippen molar-refractivity contribution in [2.24, 2.45) is 0 Å². The number of furan rings is 1. The number of nitrogens with zero attached hydrogens (tertiary/aromatic N) is 3. The van der Waals surface area contributed by atoms with Crippen LogP contribution >= 0.6 is 0 Å². The third kappa shape index (κ3) is 6.66. The third-order valence-electron chi connectivity index (χ3n) is 6.08. The quantitative estimate of drug-likeness (QED) is 0.168. The Kier molecular flexibility index (Phi) is 6.62. The van der Waals surface area contributed by atoms with Crippen molar-refractivity contribution in [3.63, 3.8) is 0 Å². The molecule has 0 aliphatic heterocycles. The summed E-state index contributed by atoms with van der Waals surface area (Å²) in [6.45, 7) is -2.26. The van der Waals surface area contributed by atoms with Gasteiger partial charge >= 0.3 is 0 Å². The zero-order valence-electron chi connectivity index (χ0n) is 28.6. The molecule has 0 aliphatic carbocycles. The van der Waals surface area contributed by atoms with Gasteiger partial charge in [0.15, 0.2) is 0 Å². The summed E-state index contributed by atoms with van der Waals surface area (Å²) >= 11 is 0. The minimum Gasteiger partial charge on any atom is -0.486 e. The molecule has 3 aromatic carbocycles. The number of hydrogen-bond donors (Lipinski definition) is 0. The Bertz CT molecular complexity index is 2090. The molecule has 0 saturated carbocycles. The fourth-order valence-electron chi connectivity index (χ4n) is 4.16. The Morgan fingerprint density at radius 3 is 2.39 bits per heavy atom. The fourth-order valence-corrected chi connectivity index (χ4v) is 4.16. The molecule has 4 heterocycles. The smallest absolute Gasteiger partial charge is 0.216 e. The van der Waals surface area contributed by atoms with Gasteiger partial charge in [0.05, 0.1) is 5.58 Å². The van der Waals surface area contributed by atoms with Crippen LogP contribution in [0.5, 0.6) is 0 Å². The van der Waals surface area contributed by atoms with E-state index in [1.165, 1.54) is 18.3 Å². The van der Waals surface area contributed by atoms with Gasteiger partial charge < -0.3 is 14.4 Å². The summed E-state index contributed by atoms with van der Waals surface area (Å²) in [5.74, 6) is 0. The van der Waals surface area contributed by atoms with Gasteiger partial charge in [0.2, 0.25) is 5.71 Å². The summed E-state index contributed by atoms with van der Waals surface area (Å²) in [7, 11) is 0.